The molecule has 1 aliphatic rings. The van der Waals surface area contributed by atoms with Crippen molar-refractivity contribution < 1.29 is 0 Å². The van der Waals surface area contributed by atoms with Crippen molar-refractivity contribution in [3.05, 3.63) is 58.4 Å². The molecule has 0 aliphatic heterocycles. The standard InChI is InChI=1S/C19H20N4OS/c1-5-10-22-17-20-15-13-9-7-6-8-12(13)11-19(2,3)14(15)16(24)23(17)18(21-22)25-4/h5-9H,1,10-11H2,2-4H3. The van der Waals surface area contributed by atoms with Gasteiger partial charge in [-0.15, -0.1) is 11.7 Å². The lowest BCUT2D eigenvalue weighted by Crippen LogP contribution is -2.36. The average molecular weight is 352 g/mol. The Morgan fingerprint density at radius 3 is 2.84 bits per heavy atom. The van der Waals surface area contributed by atoms with Gasteiger partial charge in [-0.2, -0.15) is 0 Å². The number of hydrogen-bond donors (Lipinski definition) is 0. The summed E-state index contributed by atoms with van der Waals surface area (Å²) in [6.45, 7) is 8.53. The molecule has 0 saturated heterocycles. The Hall–Kier alpha value is -2.34. The van der Waals surface area contributed by atoms with Crippen molar-refractivity contribution in [2.24, 2.45) is 0 Å². The third-order valence-electron chi connectivity index (χ3n) is 4.76. The molecule has 0 saturated carbocycles. The Labute approximate surface area is 150 Å². The summed E-state index contributed by atoms with van der Waals surface area (Å²) >= 11 is 1.45. The van der Waals surface area contributed by atoms with Crippen molar-refractivity contribution in [1.82, 2.24) is 19.2 Å². The van der Waals surface area contributed by atoms with Crippen LogP contribution in [0, 0.1) is 0 Å². The fourth-order valence-electron chi connectivity index (χ4n) is 3.70. The molecule has 6 heteroatoms. The van der Waals surface area contributed by atoms with E-state index >= 15 is 0 Å². The quantitative estimate of drug-likeness (QED) is 0.536. The van der Waals surface area contributed by atoms with Gasteiger partial charge in [0.05, 0.1) is 17.8 Å². The first-order chi connectivity index (χ1) is 12.0. The van der Waals surface area contributed by atoms with Crippen LogP contribution in [0.4, 0.5) is 0 Å². The van der Waals surface area contributed by atoms with E-state index < -0.39 is 0 Å². The topological polar surface area (TPSA) is 52.2 Å². The molecular weight excluding hydrogens is 332 g/mol. The number of nitrogens with zero attached hydrogens (tertiary/aromatic N) is 4. The number of hydrogen-bond acceptors (Lipinski definition) is 4. The molecule has 0 spiro atoms. The van der Waals surface area contributed by atoms with Crippen molar-refractivity contribution in [3.8, 4) is 11.3 Å². The van der Waals surface area contributed by atoms with Gasteiger partial charge in [-0.05, 0) is 18.2 Å². The highest BCUT2D eigenvalue weighted by Gasteiger charge is 2.36. The van der Waals surface area contributed by atoms with Crippen molar-refractivity contribution in [1.29, 1.82) is 0 Å². The van der Waals surface area contributed by atoms with Crippen molar-refractivity contribution in [2.45, 2.75) is 37.4 Å². The Balaban J connectivity index is 2.17. The smallest absolute Gasteiger partial charge is 0.265 e. The van der Waals surface area contributed by atoms with Gasteiger partial charge in [0.25, 0.3) is 5.56 Å². The summed E-state index contributed by atoms with van der Waals surface area (Å²) in [7, 11) is 0. The van der Waals surface area contributed by atoms with E-state index in [2.05, 4.69) is 37.7 Å². The van der Waals surface area contributed by atoms with Crippen LogP contribution in [0.5, 0.6) is 0 Å². The summed E-state index contributed by atoms with van der Waals surface area (Å²) < 4.78 is 3.38. The van der Waals surface area contributed by atoms with Gasteiger partial charge in [-0.1, -0.05) is 56.0 Å². The van der Waals surface area contributed by atoms with Crippen LogP contribution in [0.3, 0.4) is 0 Å². The van der Waals surface area contributed by atoms with E-state index in [0.29, 0.717) is 17.5 Å². The maximum atomic E-state index is 13.4. The minimum atomic E-state index is -0.273. The predicted molar refractivity (Wildman–Crippen MR) is 101 cm³/mol. The molecular formula is C19H20N4OS. The van der Waals surface area contributed by atoms with Gasteiger partial charge in [-0.25, -0.2) is 14.1 Å². The number of fused-ring (bicyclic) bond motifs is 4. The zero-order valence-corrected chi connectivity index (χ0v) is 15.4. The maximum absolute atomic E-state index is 13.4. The van der Waals surface area contributed by atoms with Gasteiger partial charge >= 0.3 is 0 Å². The lowest BCUT2D eigenvalue weighted by Gasteiger charge is -2.32. The van der Waals surface area contributed by atoms with Gasteiger partial charge in [-0.3, -0.25) is 4.79 Å². The molecule has 0 radical (unpaired) electrons. The number of allylic oxidation sites excluding steroid dienone is 1. The molecule has 3 aromatic rings. The normalized spacial score (nSPS) is 15.0. The zero-order chi connectivity index (χ0) is 17.8. The summed E-state index contributed by atoms with van der Waals surface area (Å²) in [5, 5.41) is 5.20. The minimum Gasteiger partial charge on any atom is -0.268 e. The highest BCUT2D eigenvalue weighted by atomic mass is 32.2. The molecule has 1 aromatic carbocycles. The monoisotopic (exact) mass is 352 g/mol. The van der Waals surface area contributed by atoms with Crippen LogP contribution in [0.2, 0.25) is 0 Å². The molecule has 0 fully saturated rings. The third-order valence-corrected chi connectivity index (χ3v) is 5.39. The highest BCUT2D eigenvalue weighted by molar-refractivity contribution is 7.98. The Morgan fingerprint density at radius 2 is 2.12 bits per heavy atom. The van der Waals surface area contributed by atoms with E-state index in [1.807, 2.05) is 18.4 Å². The van der Waals surface area contributed by atoms with E-state index in [-0.39, 0.29) is 11.0 Å². The fraction of sp³-hybridized carbons (Fsp3) is 0.316. The van der Waals surface area contributed by atoms with E-state index in [0.717, 1.165) is 23.2 Å². The molecule has 0 bridgehead atoms. The Bertz CT molecular complexity index is 1060. The van der Waals surface area contributed by atoms with Gasteiger partial charge < -0.3 is 0 Å². The molecule has 128 valence electrons. The number of benzene rings is 1. The first kappa shape index (κ1) is 16.1. The summed E-state index contributed by atoms with van der Waals surface area (Å²) in [5.74, 6) is 0.570. The van der Waals surface area contributed by atoms with Crippen LogP contribution in [0.25, 0.3) is 17.0 Å². The van der Waals surface area contributed by atoms with Crippen molar-refractivity contribution >= 4 is 17.5 Å². The summed E-state index contributed by atoms with van der Waals surface area (Å²) in [4.78, 5) is 18.3. The van der Waals surface area contributed by atoms with Crippen molar-refractivity contribution in [2.75, 3.05) is 6.26 Å². The van der Waals surface area contributed by atoms with Crippen LogP contribution >= 0.6 is 11.8 Å². The van der Waals surface area contributed by atoms with E-state index in [1.54, 1.807) is 15.2 Å². The van der Waals surface area contributed by atoms with Gasteiger partial charge in [0, 0.05) is 11.0 Å². The molecule has 25 heavy (non-hydrogen) atoms. The van der Waals surface area contributed by atoms with Gasteiger partial charge in [0.1, 0.15) is 0 Å². The Kier molecular flexibility index (Phi) is 3.61. The summed E-state index contributed by atoms with van der Waals surface area (Å²) in [5.41, 5.74) is 3.56. The number of thioether (sulfide) groups is 1. The molecule has 0 amide bonds. The Morgan fingerprint density at radius 1 is 1.36 bits per heavy atom. The predicted octanol–water partition coefficient (Wildman–Crippen LogP) is 3.30. The fourth-order valence-corrected chi connectivity index (χ4v) is 4.23. The first-order valence-electron chi connectivity index (χ1n) is 8.25. The molecule has 0 atom stereocenters. The van der Waals surface area contributed by atoms with Crippen LogP contribution in [-0.2, 0) is 18.4 Å². The largest absolute Gasteiger partial charge is 0.268 e. The van der Waals surface area contributed by atoms with Crippen LogP contribution in [-0.4, -0.2) is 25.4 Å². The van der Waals surface area contributed by atoms with E-state index in [1.165, 1.54) is 17.3 Å². The maximum Gasteiger partial charge on any atom is 0.265 e. The zero-order valence-electron chi connectivity index (χ0n) is 14.6. The molecule has 5 nitrogen and oxygen atoms in total. The SMILES string of the molecule is C=CCn1nc(SC)n2c(=O)c3c(nc12)-c1ccccc1CC3(C)C. The number of rotatable bonds is 3. The average Bonchev–Trinajstić information content (AvgIpc) is 2.93. The van der Waals surface area contributed by atoms with E-state index in [9.17, 15) is 4.79 Å². The molecule has 1 aliphatic carbocycles. The van der Waals surface area contributed by atoms with Crippen molar-refractivity contribution in [3.63, 3.8) is 0 Å². The molecule has 0 unspecified atom stereocenters. The first-order valence-corrected chi connectivity index (χ1v) is 9.47. The number of aromatic nitrogens is 4. The van der Waals surface area contributed by atoms with Gasteiger partial charge in [0.2, 0.25) is 5.78 Å². The van der Waals surface area contributed by atoms with Crippen LogP contribution in [0.15, 0.2) is 46.9 Å². The molecule has 4 rings (SSSR count). The third kappa shape index (κ3) is 2.28. The van der Waals surface area contributed by atoms with Gasteiger partial charge in [0.15, 0.2) is 5.16 Å². The second kappa shape index (κ2) is 5.59. The summed E-state index contributed by atoms with van der Waals surface area (Å²) in [6, 6.07) is 8.21. The van der Waals surface area contributed by atoms with E-state index in [4.69, 9.17) is 4.98 Å². The lowest BCUT2D eigenvalue weighted by molar-refractivity contribution is 0.505. The molecule has 2 aromatic heterocycles. The molecule has 2 heterocycles. The second-order valence-electron chi connectivity index (χ2n) is 6.95. The van der Waals surface area contributed by atoms with Crippen LogP contribution < -0.4 is 5.56 Å². The summed E-state index contributed by atoms with van der Waals surface area (Å²) in [6.07, 6.45) is 4.52. The highest BCUT2D eigenvalue weighted by Crippen LogP contribution is 2.40. The second-order valence-corrected chi connectivity index (χ2v) is 7.72. The van der Waals surface area contributed by atoms with Crippen LogP contribution in [0.1, 0.15) is 25.0 Å². The molecule has 0 N–H and O–H groups in total. The minimum absolute atomic E-state index is 0.0147. The lowest BCUT2D eigenvalue weighted by atomic mass is 9.72.